The Labute approximate surface area is 98.0 Å². The van der Waals surface area contributed by atoms with Crippen LogP contribution in [0.5, 0.6) is 0 Å². The minimum atomic E-state index is -0.404. The summed E-state index contributed by atoms with van der Waals surface area (Å²) in [5.74, 6) is -0.404. The van der Waals surface area contributed by atoms with Crippen molar-refractivity contribution in [2.75, 3.05) is 4.90 Å². The van der Waals surface area contributed by atoms with Crippen LogP contribution in [-0.2, 0) is 9.59 Å². The van der Waals surface area contributed by atoms with Crippen molar-refractivity contribution in [2.24, 2.45) is 0 Å². The van der Waals surface area contributed by atoms with Crippen LogP contribution in [0.2, 0.25) is 5.02 Å². The number of anilines is 1. The summed E-state index contributed by atoms with van der Waals surface area (Å²) in [6, 6.07) is 4.93. The predicted molar refractivity (Wildman–Crippen MR) is 60.1 cm³/mol. The van der Waals surface area contributed by atoms with Gasteiger partial charge in [0.1, 0.15) is 6.07 Å². The van der Waals surface area contributed by atoms with Crippen LogP contribution >= 0.6 is 11.6 Å². The molecular weight excluding hydrogens is 228 g/mol. The lowest BCUT2D eigenvalue weighted by Gasteiger charge is -2.16. The number of hydrogen-bond donors (Lipinski definition) is 0. The molecule has 0 aliphatic rings. The van der Waals surface area contributed by atoms with Gasteiger partial charge >= 0.3 is 0 Å². The van der Waals surface area contributed by atoms with Crippen molar-refractivity contribution in [1.29, 1.82) is 5.26 Å². The molecule has 0 fully saturated rings. The third-order valence-corrected chi connectivity index (χ3v) is 2.67. The molecule has 0 aliphatic carbocycles. The summed E-state index contributed by atoms with van der Waals surface area (Å²) in [6.07, 6.45) is 0.424. The van der Waals surface area contributed by atoms with Gasteiger partial charge in [0.25, 0.3) is 0 Å². The van der Waals surface area contributed by atoms with E-state index in [0.717, 1.165) is 4.90 Å². The zero-order chi connectivity index (χ0) is 12.3. The van der Waals surface area contributed by atoms with Crippen LogP contribution in [0.25, 0.3) is 0 Å². The molecule has 0 bridgehead atoms. The summed E-state index contributed by atoms with van der Waals surface area (Å²) in [7, 11) is 0. The van der Waals surface area contributed by atoms with E-state index >= 15 is 0 Å². The number of amides is 2. The Morgan fingerprint density at radius 3 is 2.62 bits per heavy atom. The minimum absolute atomic E-state index is 0.258. The molecule has 0 saturated heterocycles. The van der Waals surface area contributed by atoms with E-state index in [-0.39, 0.29) is 5.02 Å². The average molecular weight is 237 g/mol. The molecule has 16 heavy (non-hydrogen) atoms. The third kappa shape index (κ3) is 2.05. The van der Waals surface area contributed by atoms with E-state index in [9.17, 15) is 9.59 Å². The third-order valence-electron chi connectivity index (χ3n) is 2.18. The van der Waals surface area contributed by atoms with E-state index < -0.39 is 5.91 Å². The van der Waals surface area contributed by atoms with Crippen LogP contribution in [0.4, 0.5) is 5.69 Å². The van der Waals surface area contributed by atoms with E-state index in [1.54, 1.807) is 6.92 Å². The Bertz CT molecular complexity index is 491. The molecule has 5 heteroatoms. The molecular formula is C11H9ClN2O2. The molecule has 0 radical (unpaired) electrons. The zero-order valence-electron chi connectivity index (χ0n) is 8.82. The van der Waals surface area contributed by atoms with Gasteiger partial charge in [-0.1, -0.05) is 11.6 Å². The van der Waals surface area contributed by atoms with Crippen LogP contribution in [-0.4, -0.2) is 12.3 Å². The Balaban J connectivity index is 3.38. The Hall–Kier alpha value is -1.86. The van der Waals surface area contributed by atoms with Gasteiger partial charge in [0.15, 0.2) is 0 Å². The fourth-order valence-electron chi connectivity index (χ4n) is 1.32. The van der Waals surface area contributed by atoms with Gasteiger partial charge in [0.05, 0.1) is 16.3 Å². The van der Waals surface area contributed by atoms with Gasteiger partial charge in [-0.25, -0.2) is 0 Å². The van der Waals surface area contributed by atoms with E-state index in [4.69, 9.17) is 16.9 Å². The van der Waals surface area contributed by atoms with Gasteiger partial charge in [-0.3, -0.25) is 14.5 Å². The van der Waals surface area contributed by atoms with Crippen LogP contribution in [0.1, 0.15) is 18.1 Å². The second-order valence-electron chi connectivity index (χ2n) is 3.18. The van der Waals surface area contributed by atoms with Gasteiger partial charge in [-0.2, -0.15) is 5.26 Å². The second-order valence-corrected chi connectivity index (χ2v) is 3.56. The summed E-state index contributed by atoms with van der Waals surface area (Å²) >= 11 is 5.93. The standard InChI is InChI=1S/C11H9ClN2O2/c1-7-10(14(6-15)8(2)16)4-3-9(5-13)11(7)12/h3-4,6H,1-2H3. The first-order valence-electron chi connectivity index (χ1n) is 4.47. The first-order chi connectivity index (χ1) is 7.52. The Morgan fingerprint density at radius 1 is 1.56 bits per heavy atom. The number of halogens is 1. The van der Waals surface area contributed by atoms with Crippen LogP contribution in [0.15, 0.2) is 12.1 Å². The highest BCUT2D eigenvalue weighted by Gasteiger charge is 2.16. The number of hydrogen-bond acceptors (Lipinski definition) is 3. The van der Waals surface area contributed by atoms with Gasteiger partial charge in [0.2, 0.25) is 12.3 Å². The summed E-state index contributed by atoms with van der Waals surface area (Å²) in [5, 5.41) is 9.01. The number of nitriles is 1. The highest BCUT2D eigenvalue weighted by atomic mass is 35.5. The maximum atomic E-state index is 11.2. The SMILES string of the molecule is CC(=O)N(C=O)c1ccc(C#N)c(Cl)c1C. The molecule has 4 nitrogen and oxygen atoms in total. The van der Waals surface area contributed by atoms with Crippen molar-refractivity contribution in [1.82, 2.24) is 0 Å². The van der Waals surface area contributed by atoms with E-state index in [2.05, 4.69) is 0 Å². The van der Waals surface area contributed by atoms with Crippen LogP contribution in [0, 0.1) is 18.3 Å². The van der Waals surface area contributed by atoms with E-state index in [1.165, 1.54) is 19.1 Å². The van der Waals surface area contributed by atoms with Crippen molar-refractivity contribution in [3.05, 3.63) is 28.3 Å². The molecule has 0 unspecified atom stereocenters. The summed E-state index contributed by atoms with van der Waals surface area (Å²) in [6.45, 7) is 2.93. The molecule has 1 aromatic rings. The summed E-state index contributed by atoms with van der Waals surface area (Å²) < 4.78 is 0. The lowest BCUT2D eigenvalue weighted by Crippen LogP contribution is -2.27. The van der Waals surface area contributed by atoms with Gasteiger partial charge in [-0.15, -0.1) is 0 Å². The zero-order valence-corrected chi connectivity index (χ0v) is 9.58. The fraction of sp³-hybridized carbons (Fsp3) is 0.182. The van der Waals surface area contributed by atoms with Gasteiger partial charge < -0.3 is 0 Å². The molecule has 0 atom stereocenters. The van der Waals surface area contributed by atoms with Crippen molar-refractivity contribution in [3.8, 4) is 6.07 Å². The van der Waals surface area contributed by atoms with Crippen LogP contribution in [0.3, 0.4) is 0 Å². The van der Waals surface area contributed by atoms with Gasteiger partial charge in [-0.05, 0) is 24.6 Å². The van der Waals surface area contributed by atoms with Crippen molar-refractivity contribution in [3.63, 3.8) is 0 Å². The topological polar surface area (TPSA) is 61.2 Å². The molecule has 1 aromatic carbocycles. The number of imide groups is 1. The molecule has 0 heterocycles. The Morgan fingerprint density at radius 2 is 2.19 bits per heavy atom. The molecule has 0 aromatic heterocycles. The molecule has 2 amide bonds. The highest BCUT2D eigenvalue weighted by Crippen LogP contribution is 2.29. The highest BCUT2D eigenvalue weighted by molar-refractivity contribution is 6.33. The number of carbonyl (C=O) groups excluding carboxylic acids is 2. The van der Waals surface area contributed by atoms with Crippen molar-refractivity contribution >= 4 is 29.6 Å². The number of rotatable bonds is 2. The van der Waals surface area contributed by atoms with Gasteiger partial charge in [0, 0.05) is 6.92 Å². The lowest BCUT2D eigenvalue weighted by molar-refractivity contribution is -0.120. The molecule has 0 aliphatic heterocycles. The molecule has 0 spiro atoms. The quantitative estimate of drug-likeness (QED) is 0.738. The van der Waals surface area contributed by atoms with Crippen molar-refractivity contribution < 1.29 is 9.59 Å². The minimum Gasteiger partial charge on any atom is -0.278 e. The molecule has 0 N–H and O–H groups in total. The summed E-state index contributed by atoms with van der Waals surface area (Å²) in [5.41, 5.74) is 1.24. The Kier molecular flexibility index (Phi) is 3.64. The lowest BCUT2D eigenvalue weighted by atomic mass is 10.1. The maximum absolute atomic E-state index is 11.2. The maximum Gasteiger partial charge on any atom is 0.230 e. The smallest absolute Gasteiger partial charge is 0.230 e. The summed E-state index contributed by atoms with van der Waals surface area (Å²) in [4.78, 5) is 22.9. The van der Waals surface area contributed by atoms with E-state index in [0.29, 0.717) is 23.2 Å². The largest absolute Gasteiger partial charge is 0.278 e. The molecule has 1 rings (SSSR count). The average Bonchev–Trinajstić information content (AvgIpc) is 2.25. The van der Waals surface area contributed by atoms with Crippen molar-refractivity contribution in [2.45, 2.75) is 13.8 Å². The number of nitrogens with zero attached hydrogens (tertiary/aromatic N) is 2. The van der Waals surface area contributed by atoms with E-state index in [1.807, 2.05) is 6.07 Å². The molecule has 82 valence electrons. The molecule has 0 saturated carbocycles. The fourth-order valence-corrected chi connectivity index (χ4v) is 1.52. The number of benzene rings is 1. The predicted octanol–water partition coefficient (Wildman–Crippen LogP) is 2.03. The first kappa shape index (κ1) is 12.2. The normalized spacial score (nSPS) is 9.38. The monoisotopic (exact) mass is 236 g/mol. The second kappa shape index (κ2) is 4.77. The first-order valence-corrected chi connectivity index (χ1v) is 4.85. The van der Waals surface area contributed by atoms with Crippen LogP contribution < -0.4 is 4.90 Å². The number of carbonyl (C=O) groups is 2.